The van der Waals surface area contributed by atoms with Crippen molar-refractivity contribution in [2.24, 2.45) is 0 Å². The highest BCUT2D eigenvalue weighted by atomic mass is 16.5. The van der Waals surface area contributed by atoms with Gasteiger partial charge < -0.3 is 9.84 Å². The van der Waals surface area contributed by atoms with Crippen LogP contribution in [0.1, 0.15) is 30.6 Å². The standard InChI is InChI=1S/C18H25N3O/c1-14-5-7-15(8-6-14)18-12-17(22-20-18)13-21(2)16-4-3-10-19-11-9-16/h5-8,12,16,19H,3-4,9-11,13H2,1-2H3. The Kier molecular flexibility index (Phi) is 4.90. The van der Waals surface area contributed by atoms with Crippen LogP contribution >= 0.6 is 0 Å². The predicted molar refractivity (Wildman–Crippen MR) is 88.7 cm³/mol. The maximum absolute atomic E-state index is 5.53. The van der Waals surface area contributed by atoms with E-state index in [2.05, 4.69) is 59.7 Å². The van der Waals surface area contributed by atoms with Crippen LogP contribution in [0, 0.1) is 6.92 Å². The minimum Gasteiger partial charge on any atom is -0.359 e. The van der Waals surface area contributed by atoms with Crippen LogP contribution in [0.15, 0.2) is 34.9 Å². The van der Waals surface area contributed by atoms with Crippen LogP contribution in [0.2, 0.25) is 0 Å². The molecular formula is C18H25N3O. The van der Waals surface area contributed by atoms with Crippen LogP contribution in [-0.2, 0) is 6.54 Å². The molecule has 1 unspecified atom stereocenters. The molecule has 0 aliphatic carbocycles. The van der Waals surface area contributed by atoms with E-state index in [0.29, 0.717) is 6.04 Å². The van der Waals surface area contributed by atoms with E-state index in [-0.39, 0.29) is 0 Å². The van der Waals surface area contributed by atoms with Gasteiger partial charge in [-0.3, -0.25) is 4.90 Å². The molecule has 2 aromatic rings. The average Bonchev–Trinajstić information content (AvgIpc) is 2.81. The second-order valence-corrected chi connectivity index (χ2v) is 6.29. The molecule has 4 heteroatoms. The summed E-state index contributed by atoms with van der Waals surface area (Å²) in [5.74, 6) is 0.940. The van der Waals surface area contributed by atoms with Gasteiger partial charge in [0.2, 0.25) is 0 Å². The summed E-state index contributed by atoms with van der Waals surface area (Å²) in [6.07, 6.45) is 3.71. The topological polar surface area (TPSA) is 41.3 Å². The summed E-state index contributed by atoms with van der Waals surface area (Å²) < 4.78 is 5.53. The normalized spacial score (nSPS) is 19.3. The van der Waals surface area contributed by atoms with E-state index in [1.165, 1.54) is 24.8 Å². The Morgan fingerprint density at radius 3 is 2.86 bits per heavy atom. The molecule has 1 fully saturated rings. The zero-order chi connectivity index (χ0) is 15.4. The maximum atomic E-state index is 5.53. The summed E-state index contributed by atoms with van der Waals surface area (Å²) in [4.78, 5) is 2.40. The Labute approximate surface area is 132 Å². The molecule has 1 aliphatic heterocycles. The van der Waals surface area contributed by atoms with Gasteiger partial charge >= 0.3 is 0 Å². The fourth-order valence-electron chi connectivity index (χ4n) is 3.06. The van der Waals surface area contributed by atoms with Crippen molar-refractivity contribution in [3.8, 4) is 11.3 Å². The van der Waals surface area contributed by atoms with Gasteiger partial charge in [0.15, 0.2) is 5.76 Å². The van der Waals surface area contributed by atoms with Crippen molar-refractivity contribution in [2.75, 3.05) is 20.1 Å². The highest BCUT2D eigenvalue weighted by molar-refractivity contribution is 5.59. The Morgan fingerprint density at radius 1 is 1.23 bits per heavy atom. The molecule has 1 N–H and O–H groups in total. The third kappa shape index (κ3) is 3.76. The molecule has 118 valence electrons. The minimum atomic E-state index is 0.628. The van der Waals surface area contributed by atoms with Gasteiger partial charge in [-0.15, -0.1) is 0 Å². The molecule has 1 aliphatic rings. The number of nitrogens with one attached hydrogen (secondary N) is 1. The lowest BCUT2D eigenvalue weighted by atomic mass is 10.1. The Balaban J connectivity index is 1.64. The second kappa shape index (κ2) is 7.07. The molecule has 2 heterocycles. The molecule has 0 saturated carbocycles. The number of rotatable bonds is 4. The predicted octanol–water partition coefficient (Wildman–Crippen LogP) is 3.22. The van der Waals surface area contributed by atoms with Crippen LogP contribution in [0.4, 0.5) is 0 Å². The number of benzene rings is 1. The van der Waals surface area contributed by atoms with Crippen molar-refractivity contribution in [2.45, 2.75) is 38.8 Å². The molecule has 1 atom stereocenters. The number of aromatic nitrogens is 1. The van der Waals surface area contributed by atoms with Gasteiger partial charge in [-0.2, -0.15) is 0 Å². The first kappa shape index (κ1) is 15.3. The minimum absolute atomic E-state index is 0.628. The van der Waals surface area contributed by atoms with Gasteiger partial charge in [0.05, 0.1) is 6.54 Å². The van der Waals surface area contributed by atoms with Crippen LogP contribution in [0.25, 0.3) is 11.3 Å². The van der Waals surface area contributed by atoms with Crippen molar-refractivity contribution >= 4 is 0 Å². The highest BCUT2D eigenvalue weighted by Gasteiger charge is 2.18. The third-order valence-electron chi connectivity index (χ3n) is 4.48. The van der Waals surface area contributed by atoms with Crippen LogP contribution < -0.4 is 5.32 Å². The Morgan fingerprint density at radius 2 is 2.05 bits per heavy atom. The molecule has 0 amide bonds. The summed E-state index contributed by atoms with van der Waals surface area (Å²) in [6.45, 7) is 5.17. The molecule has 1 aromatic carbocycles. The summed E-state index contributed by atoms with van der Waals surface area (Å²) in [5.41, 5.74) is 3.29. The van der Waals surface area contributed by atoms with Crippen LogP contribution in [0.3, 0.4) is 0 Å². The van der Waals surface area contributed by atoms with E-state index in [0.717, 1.165) is 36.7 Å². The van der Waals surface area contributed by atoms with Gasteiger partial charge in [-0.05, 0) is 46.3 Å². The van der Waals surface area contributed by atoms with E-state index in [1.54, 1.807) is 0 Å². The van der Waals surface area contributed by atoms with Crippen molar-refractivity contribution < 1.29 is 4.52 Å². The number of hydrogen-bond donors (Lipinski definition) is 1. The van der Waals surface area contributed by atoms with E-state index >= 15 is 0 Å². The SMILES string of the molecule is Cc1ccc(-c2cc(CN(C)C3CCCNCC3)on2)cc1. The summed E-state index contributed by atoms with van der Waals surface area (Å²) in [6, 6.07) is 11.1. The molecular weight excluding hydrogens is 274 g/mol. The van der Waals surface area contributed by atoms with E-state index < -0.39 is 0 Å². The highest BCUT2D eigenvalue weighted by Crippen LogP contribution is 2.21. The van der Waals surface area contributed by atoms with Crippen molar-refractivity contribution in [3.63, 3.8) is 0 Å². The molecule has 0 radical (unpaired) electrons. The molecule has 22 heavy (non-hydrogen) atoms. The first-order valence-electron chi connectivity index (χ1n) is 8.16. The van der Waals surface area contributed by atoms with Gasteiger partial charge in [-0.25, -0.2) is 0 Å². The summed E-state index contributed by atoms with van der Waals surface area (Å²) in [7, 11) is 2.18. The lowest BCUT2D eigenvalue weighted by Gasteiger charge is -2.25. The zero-order valence-electron chi connectivity index (χ0n) is 13.5. The van der Waals surface area contributed by atoms with Crippen molar-refractivity contribution in [3.05, 3.63) is 41.7 Å². The second-order valence-electron chi connectivity index (χ2n) is 6.29. The third-order valence-corrected chi connectivity index (χ3v) is 4.48. The summed E-state index contributed by atoms with van der Waals surface area (Å²) in [5, 5.41) is 7.68. The molecule has 0 bridgehead atoms. The number of hydrogen-bond acceptors (Lipinski definition) is 4. The fraction of sp³-hybridized carbons (Fsp3) is 0.500. The van der Waals surface area contributed by atoms with Crippen LogP contribution in [-0.4, -0.2) is 36.2 Å². The number of nitrogens with zero attached hydrogens (tertiary/aromatic N) is 2. The number of aryl methyl sites for hydroxylation is 1. The van der Waals surface area contributed by atoms with Crippen LogP contribution in [0.5, 0.6) is 0 Å². The van der Waals surface area contributed by atoms with E-state index in [9.17, 15) is 0 Å². The Hall–Kier alpha value is -1.65. The van der Waals surface area contributed by atoms with Gasteiger partial charge in [0.25, 0.3) is 0 Å². The largest absolute Gasteiger partial charge is 0.359 e. The monoisotopic (exact) mass is 299 g/mol. The molecule has 0 spiro atoms. The molecule has 3 rings (SSSR count). The van der Waals surface area contributed by atoms with Crippen molar-refractivity contribution in [1.29, 1.82) is 0 Å². The average molecular weight is 299 g/mol. The van der Waals surface area contributed by atoms with Gasteiger partial charge in [-0.1, -0.05) is 35.0 Å². The van der Waals surface area contributed by atoms with Gasteiger partial charge in [0.1, 0.15) is 5.69 Å². The molecule has 1 saturated heterocycles. The lowest BCUT2D eigenvalue weighted by molar-refractivity contribution is 0.193. The zero-order valence-corrected chi connectivity index (χ0v) is 13.5. The summed E-state index contributed by atoms with van der Waals surface area (Å²) >= 11 is 0. The fourth-order valence-corrected chi connectivity index (χ4v) is 3.06. The van der Waals surface area contributed by atoms with E-state index in [1.807, 2.05) is 0 Å². The smallest absolute Gasteiger partial charge is 0.151 e. The first-order valence-corrected chi connectivity index (χ1v) is 8.16. The maximum Gasteiger partial charge on any atom is 0.151 e. The lowest BCUT2D eigenvalue weighted by Crippen LogP contribution is -2.31. The van der Waals surface area contributed by atoms with E-state index in [4.69, 9.17) is 4.52 Å². The quantitative estimate of drug-likeness (QED) is 0.941. The molecule has 1 aromatic heterocycles. The van der Waals surface area contributed by atoms with Crippen molar-refractivity contribution in [1.82, 2.24) is 15.4 Å². The van der Waals surface area contributed by atoms with Gasteiger partial charge in [0, 0.05) is 17.7 Å². The molecule has 4 nitrogen and oxygen atoms in total. The first-order chi connectivity index (χ1) is 10.7. The Bertz CT molecular complexity index is 583.